The smallest absolute Gasteiger partial charge is 0.246 e. The van der Waals surface area contributed by atoms with E-state index < -0.39 is 11.6 Å². The highest BCUT2D eigenvalue weighted by atomic mass is 19.1. The van der Waals surface area contributed by atoms with Crippen molar-refractivity contribution in [1.82, 2.24) is 19.5 Å². The van der Waals surface area contributed by atoms with Crippen LogP contribution in [0.1, 0.15) is 49.3 Å². The van der Waals surface area contributed by atoms with Gasteiger partial charge >= 0.3 is 0 Å². The Morgan fingerprint density at radius 3 is 2.75 bits per heavy atom. The van der Waals surface area contributed by atoms with Crippen molar-refractivity contribution in [3.63, 3.8) is 0 Å². The van der Waals surface area contributed by atoms with E-state index in [-0.39, 0.29) is 11.9 Å². The number of halogens is 2. The number of carbonyl (C=O) groups is 1. The van der Waals surface area contributed by atoms with E-state index in [1.54, 1.807) is 29.1 Å². The lowest BCUT2D eigenvalue weighted by atomic mass is 10.0. The molecule has 1 atom stereocenters. The van der Waals surface area contributed by atoms with Crippen molar-refractivity contribution in [1.29, 1.82) is 0 Å². The SMILES string of the molecule is O=C(/C=C/c1cnn2ccc(N3CCC[C@@H]3c3cc(F)ccc3F)nc12)N1CCCCC1. The molecule has 0 spiro atoms. The van der Waals surface area contributed by atoms with Gasteiger partial charge in [0.05, 0.1) is 12.2 Å². The number of aromatic nitrogens is 3. The average Bonchev–Trinajstić information content (AvgIpc) is 3.46. The summed E-state index contributed by atoms with van der Waals surface area (Å²) in [6, 6.07) is 5.15. The first-order chi connectivity index (χ1) is 15.6. The molecule has 0 aliphatic carbocycles. The largest absolute Gasteiger partial charge is 0.349 e. The number of hydrogen-bond acceptors (Lipinski definition) is 4. The van der Waals surface area contributed by atoms with Crippen molar-refractivity contribution < 1.29 is 13.6 Å². The van der Waals surface area contributed by atoms with Gasteiger partial charge in [0.1, 0.15) is 17.5 Å². The zero-order valence-corrected chi connectivity index (χ0v) is 17.8. The molecule has 2 fully saturated rings. The molecule has 8 heteroatoms. The second kappa shape index (κ2) is 8.68. The molecule has 1 aromatic carbocycles. The van der Waals surface area contributed by atoms with Crippen molar-refractivity contribution in [3.8, 4) is 0 Å². The molecule has 0 unspecified atom stereocenters. The fraction of sp³-hybridized carbons (Fsp3) is 0.375. The average molecular weight is 437 g/mol. The Labute approximate surface area is 185 Å². The molecule has 32 heavy (non-hydrogen) atoms. The molecular formula is C24H25F2N5O. The molecular weight excluding hydrogens is 412 g/mol. The highest BCUT2D eigenvalue weighted by Gasteiger charge is 2.30. The number of amides is 1. The van der Waals surface area contributed by atoms with Crippen LogP contribution in [0, 0.1) is 11.6 Å². The predicted octanol–water partition coefficient (Wildman–Crippen LogP) is 4.37. The van der Waals surface area contributed by atoms with Crippen LogP contribution in [0.25, 0.3) is 11.7 Å². The molecule has 4 heterocycles. The molecule has 3 aromatic rings. The van der Waals surface area contributed by atoms with Crippen molar-refractivity contribution in [2.24, 2.45) is 0 Å². The summed E-state index contributed by atoms with van der Waals surface area (Å²) in [7, 11) is 0. The number of carbonyl (C=O) groups excluding carboxylic acids is 1. The maximum atomic E-state index is 14.4. The summed E-state index contributed by atoms with van der Waals surface area (Å²) in [6.07, 6.45) is 11.7. The van der Waals surface area contributed by atoms with Crippen molar-refractivity contribution in [3.05, 3.63) is 65.5 Å². The van der Waals surface area contributed by atoms with E-state index in [1.807, 2.05) is 15.9 Å². The first kappa shape index (κ1) is 20.6. The minimum Gasteiger partial charge on any atom is -0.349 e. The third-order valence-electron chi connectivity index (χ3n) is 6.32. The first-order valence-electron chi connectivity index (χ1n) is 11.1. The summed E-state index contributed by atoms with van der Waals surface area (Å²) in [5, 5.41) is 4.33. The second-order valence-corrected chi connectivity index (χ2v) is 8.39. The van der Waals surface area contributed by atoms with Crippen LogP contribution in [0.2, 0.25) is 0 Å². The Morgan fingerprint density at radius 1 is 1.06 bits per heavy atom. The number of nitrogens with zero attached hydrogens (tertiary/aromatic N) is 5. The Hall–Kier alpha value is -3.29. The molecule has 0 N–H and O–H groups in total. The van der Waals surface area contributed by atoms with Gasteiger partial charge in [-0.05, 0) is 62.4 Å². The van der Waals surface area contributed by atoms with Gasteiger partial charge in [-0.25, -0.2) is 18.3 Å². The molecule has 6 nitrogen and oxygen atoms in total. The maximum absolute atomic E-state index is 14.4. The van der Waals surface area contributed by atoms with E-state index in [2.05, 4.69) is 5.10 Å². The molecule has 2 saturated heterocycles. The third kappa shape index (κ3) is 3.97. The molecule has 0 radical (unpaired) electrons. The zero-order chi connectivity index (χ0) is 22.1. The van der Waals surface area contributed by atoms with Crippen molar-refractivity contribution >= 4 is 23.4 Å². The van der Waals surface area contributed by atoms with Gasteiger partial charge in [0.25, 0.3) is 0 Å². The molecule has 166 valence electrons. The highest BCUT2D eigenvalue weighted by Crippen LogP contribution is 2.36. The van der Waals surface area contributed by atoms with Gasteiger partial charge in [-0.2, -0.15) is 5.10 Å². The lowest BCUT2D eigenvalue weighted by Gasteiger charge is -2.26. The first-order valence-corrected chi connectivity index (χ1v) is 11.1. The Morgan fingerprint density at radius 2 is 1.91 bits per heavy atom. The fourth-order valence-corrected chi connectivity index (χ4v) is 4.67. The van der Waals surface area contributed by atoms with Crippen LogP contribution in [0.3, 0.4) is 0 Å². The topological polar surface area (TPSA) is 53.7 Å². The van der Waals surface area contributed by atoms with Crippen LogP contribution in [0.4, 0.5) is 14.6 Å². The molecule has 2 aliphatic rings. The monoisotopic (exact) mass is 437 g/mol. The number of fused-ring (bicyclic) bond motifs is 1. The van der Waals surface area contributed by atoms with Gasteiger partial charge in [0.15, 0.2) is 5.65 Å². The van der Waals surface area contributed by atoms with Gasteiger partial charge in [-0.15, -0.1) is 0 Å². The van der Waals surface area contributed by atoms with Crippen LogP contribution < -0.4 is 4.90 Å². The predicted molar refractivity (Wildman–Crippen MR) is 118 cm³/mol. The fourth-order valence-electron chi connectivity index (χ4n) is 4.67. The van der Waals surface area contributed by atoms with Crippen molar-refractivity contribution in [2.75, 3.05) is 24.5 Å². The van der Waals surface area contributed by atoms with Gasteiger partial charge in [0.2, 0.25) is 5.91 Å². The van der Waals surface area contributed by atoms with E-state index in [0.717, 1.165) is 50.4 Å². The molecule has 2 aromatic heterocycles. The Kier molecular flexibility index (Phi) is 5.59. The molecule has 0 bridgehead atoms. The van der Waals surface area contributed by atoms with E-state index in [4.69, 9.17) is 4.98 Å². The number of benzene rings is 1. The second-order valence-electron chi connectivity index (χ2n) is 8.39. The quantitative estimate of drug-likeness (QED) is 0.569. The van der Waals surface area contributed by atoms with E-state index >= 15 is 0 Å². The van der Waals surface area contributed by atoms with E-state index in [1.165, 1.54) is 18.6 Å². The zero-order valence-electron chi connectivity index (χ0n) is 17.8. The number of piperidine rings is 1. The van der Waals surface area contributed by atoms with E-state index in [9.17, 15) is 13.6 Å². The number of rotatable bonds is 4. The van der Waals surface area contributed by atoms with Crippen LogP contribution in [0.5, 0.6) is 0 Å². The number of likely N-dealkylation sites (tertiary alicyclic amines) is 1. The summed E-state index contributed by atoms with van der Waals surface area (Å²) < 4.78 is 29.9. The summed E-state index contributed by atoms with van der Waals surface area (Å²) in [6.45, 7) is 2.30. The molecule has 0 saturated carbocycles. The minimum absolute atomic E-state index is 0.00129. The lowest BCUT2D eigenvalue weighted by molar-refractivity contribution is -0.126. The van der Waals surface area contributed by atoms with Crippen LogP contribution in [-0.2, 0) is 4.79 Å². The molecule has 1 amide bonds. The maximum Gasteiger partial charge on any atom is 0.246 e. The summed E-state index contributed by atoms with van der Waals surface area (Å²) in [5.74, 6) is -0.172. The number of anilines is 1. The lowest BCUT2D eigenvalue weighted by Crippen LogP contribution is -2.34. The third-order valence-corrected chi connectivity index (χ3v) is 6.32. The minimum atomic E-state index is -0.446. The standard InChI is InChI=1S/C24H25F2N5O/c25-18-7-8-20(26)19(15-18)21-5-4-13-30(21)22-10-14-31-24(28-22)17(16-27-31)6-9-23(32)29-11-2-1-3-12-29/h6-10,14-16,21H,1-5,11-13H2/b9-6+/t21-/m1/s1. The Bertz CT molecular complexity index is 1170. The van der Waals surface area contributed by atoms with Gasteiger partial charge in [0, 0.05) is 43.0 Å². The van der Waals surface area contributed by atoms with Crippen molar-refractivity contribution in [2.45, 2.75) is 38.1 Å². The Balaban J connectivity index is 1.42. The van der Waals surface area contributed by atoms with Crippen LogP contribution in [0.15, 0.2) is 42.7 Å². The highest BCUT2D eigenvalue weighted by molar-refractivity contribution is 5.92. The van der Waals surface area contributed by atoms with Crippen LogP contribution >= 0.6 is 0 Å². The number of hydrogen-bond donors (Lipinski definition) is 0. The van der Waals surface area contributed by atoms with Gasteiger partial charge in [-0.3, -0.25) is 4.79 Å². The summed E-state index contributed by atoms with van der Waals surface area (Å²) in [5.41, 5.74) is 1.71. The summed E-state index contributed by atoms with van der Waals surface area (Å²) in [4.78, 5) is 21.1. The van der Waals surface area contributed by atoms with Gasteiger partial charge < -0.3 is 9.80 Å². The van der Waals surface area contributed by atoms with Gasteiger partial charge in [-0.1, -0.05) is 0 Å². The summed E-state index contributed by atoms with van der Waals surface area (Å²) >= 11 is 0. The molecule has 2 aliphatic heterocycles. The molecule has 5 rings (SSSR count). The normalized spacial score (nSPS) is 19.4. The van der Waals surface area contributed by atoms with E-state index in [0.29, 0.717) is 23.6 Å². The van der Waals surface area contributed by atoms with Crippen LogP contribution in [-0.4, -0.2) is 45.0 Å².